The molecule has 0 fully saturated rings. The molecule has 0 radical (unpaired) electrons. The Morgan fingerprint density at radius 1 is 0.675 bits per heavy atom. The van der Waals surface area contributed by atoms with Crippen LogP contribution in [0.5, 0.6) is 0 Å². The van der Waals surface area contributed by atoms with Crippen molar-refractivity contribution < 1.29 is 43.0 Å². The number of carbonyl (C=O) groups excluding carboxylic acids is 4. The molecule has 0 saturated carbocycles. The van der Waals surface area contributed by atoms with Crippen LogP contribution in [0.15, 0.2) is 38.0 Å². The average molecular weight is 572 g/mol. The van der Waals surface area contributed by atoms with E-state index in [1.54, 1.807) is 0 Å². The highest BCUT2D eigenvalue weighted by Gasteiger charge is 2.15. The van der Waals surface area contributed by atoms with Crippen LogP contribution in [0.1, 0.15) is 91.4 Å². The number of carbonyl (C=O) groups is 4. The summed E-state index contributed by atoms with van der Waals surface area (Å²) in [6.45, 7) is 17.1. The van der Waals surface area contributed by atoms with Crippen molar-refractivity contribution in [3.8, 4) is 0 Å². The third-order valence-electron chi connectivity index (χ3n) is 4.70. The van der Waals surface area contributed by atoms with Gasteiger partial charge in [-0.05, 0) is 51.4 Å². The topological polar surface area (TPSA) is 148 Å². The second-order valence-electron chi connectivity index (χ2n) is 8.54. The molecule has 0 saturated heterocycles. The Kier molecular flexibility index (Phi) is 32.5. The van der Waals surface area contributed by atoms with Gasteiger partial charge in [0.25, 0.3) is 0 Å². The molecular formula is C29H49NO10. The summed E-state index contributed by atoms with van der Waals surface area (Å²) in [7, 11) is 0. The van der Waals surface area contributed by atoms with Gasteiger partial charge < -0.3 is 18.9 Å². The summed E-state index contributed by atoms with van der Waals surface area (Å²) in [6.07, 6.45) is 11.7. The van der Waals surface area contributed by atoms with Crippen LogP contribution in [-0.2, 0) is 38.1 Å². The third-order valence-corrected chi connectivity index (χ3v) is 4.70. The molecule has 0 aliphatic rings. The second kappa shape index (κ2) is 31.7. The van der Waals surface area contributed by atoms with E-state index >= 15 is 0 Å². The number of unbranched alkanes of at least 4 members (excludes halogenated alkanes) is 6. The number of hydrogen-bond donors (Lipinski definition) is 0. The van der Waals surface area contributed by atoms with Crippen molar-refractivity contribution in [1.82, 2.24) is 0 Å². The van der Waals surface area contributed by atoms with Gasteiger partial charge in [-0.3, -0.25) is 14.9 Å². The summed E-state index contributed by atoms with van der Waals surface area (Å²) in [6, 6.07) is -0.726. The van der Waals surface area contributed by atoms with Crippen LogP contribution in [0.25, 0.3) is 0 Å². The first kappa shape index (κ1) is 41.0. The van der Waals surface area contributed by atoms with E-state index in [1.165, 1.54) is 13.3 Å². The Hall–Kier alpha value is -3.50. The van der Waals surface area contributed by atoms with Crippen LogP contribution < -0.4 is 0 Å². The maximum absolute atomic E-state index is 11.3. The molecule has 0 amide bonds. The Morgan fingerprint density at radius 2 is 0.975 bits per heavy atom. The van der Waals surface area contributed by atoms with Crippen molar-refractivity contribution in [2.45, 2.75) is 97.4 Å². The maximum atomic E-state index is 11.3. The Balaban J connectivity index is -0.000000641. The van der Waals surface area contributed by atoms with Crippen molar-refractivity contribution in [2.24, 2.45) is 0 Å². The lowest BCUT2D eigenvalue weighted by Gasteiger charge is -2.06. The van der Waals surface area contributed by atoms with E-state index in [4.69, 9.17) is 18.9 Å². The van der Waals surface area contributed by atoms with Gasteiger partial charge >= 0.3 is 23.9 Å². The molecule has 230 valence electrons. The normalized spacial score (nSPS) is 10.2. The second-order valence-corrected chi connectivity index (χ2v) is 8.54. The first-order chi connectivity index (χ1) is 19.1. The highest BCUT2D eigenvalue weighted by atomic mass is 16.6. The Labute approximate surface area is 239 Å². The summed E-state index contributed by atoms with van der Waals surface area (Å²) in [5, 5.41) is 10.4. The zero-order valence-electron chi connectivity index (χ0n) is 24.6. The molecule has 11 nitrogen and oxygen atoms in total. The summed E-state index contributed by atoms with van der Waals surface area (Å²) in [4.78, 5) is 53.3. The number of rotatable bonds is 21. The molecular weight excluding hydrogens is 522 g/mol. The number of esters is 4. The molecule has 0 aromatic heterocycles. The van der Waals surface area contributed by atoms with E-state index in [1.807, 2.05) is 0 Å². The number of ether oxygens (including phenoxy) is 4. The molecule has 0 rings (SSSR count). The smallest absolute Gasteiger partial charge is 0.330 e. The molecule has 0 aliphatic carbocycles. The molecule has 0 spiro atoms. The minimum Gasteiger partial charge on any atom is -0.466 e. The van der Waals surface area contributed by atoms with Crippen LogP contribution in [0.3, 0.4) is 0 Å². The molecule has 40 heavy (non-hydrogen) atoms. The number of nitrogens with zero attached hydrogens (tertiary/aromatic N) is 1. The zero-order chi connectivity index (χ0) is 31.0. The fourth-order valence-electron chi connectivity index (χ4n) is 2.50. The highest BCUT2D eigenvalue weighted by molar-refractivity contribution is 5.81. The number of hydrogen-bond acceptors (Lipinski definition) is 10. The van der Waals surface area contributed by atoms with Gasteiger partial charge in [-0.1, -0.05) is 40.0 Å². The van der Waals surface area contributed by atoms with Crippen LogP contribution in [0, 0.1) is 10.1 Å². The van der Waals surface area contributed by atoms with E-state index in [0.717, 1.165) is 69.6 Å². The standard InChI is InChI=1S/C14H23NO6.C12H18O4.C3H8/c1-3-13(16)20-10-6-4-5-7-11-21-14(17)9-8-12(2)15(18)19;1-3-11(13)15-9-7-5-6-8-10-16-12(14)4-2;1-3-2/h3,12H,1,4-11H2,2H3;3-4H,1-2,5-10H2;3H2,1-2H3. The first-order valence-electron chi connectivity index (χ1n) is 13.8. The Bertz CT molecular complexity index is 710. The van der Waals surface area contributed by atoms with E-state index < -0.39 is 22.9 Å². The largest absolute Gasteiger partial charge is 0.466 e. The van der Waals surface area contributed by atoms with Gasteiger partial charge in [-0.15, -0.1) is 0 Å². The van der Waals surface area contributed by atoms with Crippen molar-refractivity contribution >= 4 is 23.9 Å². The van der Waals surface area contributed by atoms with E-state index in [2.05, 4.69) is 33.6 Å². The van der Waals surface area contributed by atoms with Crippen LogP contribution >= 0.6 is 0 Å². The van der Waals surface area contributed by atoms with Gasteiger partial charge in [0.1, 0.15) is 0 Å². The fourth-order valence-corrected chi connectivity index (χ4v) is 2.50. The lowest BCUT2D eigenvalue weighted by Crippen LogP contribution is -2.17. The fraction of sp³-hybridized carbons (Fsp3) is 0.655. The van der Waals surface area contributed by atoms with Gasteiger partial charge in [-0.25, -0.2) is 14.4 Å². The van der Waals surface area contributed by atoms with E-state index in [9.17, 15) is 29.3 Å². The quantitative estimate of drug-likeness (QED) is 0.0420. The molecule has 1 atom stereocenters. The SMILES string of the molecule is C=CC(=O)OCCCCCCOC(=O)C=C.C=CC(=O)OCCCCCCOC(=O)CCC(C)[N+](=O)[O-].CCC. The van der Waals surface area contributed by atoms with E-state index in [0.29, 0.717) is 26.4 Å². The summed E-state index contributed by atoms with van der Waals surface area (Å²) in [5.41, 5.74) is 0. The van der Waals surface area contributed by atoms with Crippen molar-refractivity contribution in [3.63, 3.8) is 0 Å². The average Bonchev–Trinajstić information content (AvgIpc) is 2.94. The predicted octanol–water partition coefficient (Wildman–Crippen LogP) is 5.69. The van der Waals surface area contributed by atoms with Crippen LogP contribution in [-0.4, -0.2) is 61.3 Å². The molecule has 0 aromatic carbocycles. The molecule has 0 N–H and O–H groups in total. The van der Waals surface area contributed by atoms with E-state index in [-0.39, 0.29) is 24.8 Å². The predicted molar refractivity (Wildman–Crippen MR) is 153 cm³/mol. The first-order valence-corrected chi connectivity index (χ1v) is 13.8. The van der Waals surface area contributed by atoms with Crippen molar-refractivity contribution in [3.05, 3.63) is 48.1 Å². The molecule has 0 heterocycles. The lowest BCUT2D eigenvalue weighted by atomic mass is 10.2. The number of nitro groups is 1. The lowest BCUT2D eigenvalue weighted by molar-refractivity contribution is -0.518. The monoisotopic (exact) mass is 571 g/mol. The van der Waals surface area contributed by atoms with Gasteiger partial charge in [-0.2, -0.15) is 0 Å². The van der Waals surface area contributed by atoms with Crippen molar-refractivity contribution in [1.29, 1.82) is 0 Å². The third kappa shape index (κ3) is 34.5. The minimum atomic E-state index is -0.726. The molecule has 1 unspecified atom stereocenters. The van der Waals surface area contributed by atoms with Gasteiger partial charge in [0.2, 0.25) is 6.04 Å². The summed E-state index contributed by atoms with van der Waals surface area (Å²) < 4.78 is 19.4. The van der Waals surface area contributed by atoms with Crippen LogP contribution in [0.4, 0.5) is 0 Å². The zero-order valence-corrected chi connectivity index (χ0v) is 24.6. The summed E-state index contributed by atoms with van der Waals surface area (Å²) >= 11 is 0. The highest BCUT2D eigenvalue weighted by Crippen LogP contribution is 2.05. The van der Waals surface area contributed by atoms with Gasteiger partial charge in [0, 0.05) is 36.5 Å². The maximum Gasteiger partial charge on any atom is 0.330 e. The molecule has 0 aliphatic heterocycles. The molecule has 0 aromatic rings. The van der Waals surface area contributed by atoms with Gasteiger partial charge in [0.15, 0.2) is 0 Å². The van der Waals surface area contributed by atoms with Gasteiger partial charge in [0.05, 0.1) is 32.8 Å². The Morgan fingerprint density at radius 3 is 1.25 bits per heavy atom. The minimum absolute atomic E-state index is 0.0691. The van der Waals surface area contributed by atoms with Crippen LogP contribution in [0.2, 0.25) is 0 Å². The summed E-state index contributed by atoms with van der Waals surface area (Å²) in [5.74, 6) is -1.60. The molecule has 11 heteroatoms. The van der Waals surface area contributed by atoms with Crippen molar-refractivity contribution in [2.75, 3.05) is 26.4 Å². The molecule has 0 bridgehead atoms.